The average Bonchev–Trinajstić information content (AvgIpc) is 2.28. The van der Waals surface area contributed by atoms with E-state index < -0.39 is 13.8 Å². The van der Waals surface area contributed by atoms with Gasteiger partial charge in [0.15, 0.2) is 5.03 Å². The summed E-state index contributed by atoms with van der Waals surface area (Å²) in [6, 6.07) is 0. The monoisotopic (exact) mass is 272 g/mol. The fraction of sp³-hybridized carbons (Fsp3) is 0.625. The standard InChI is InChI=1S/C8H14ClO6P/c1-5-14-8(10)7(9)6(2)15-16(11,12-3)13-4/h5H2,1-4H3/b7-6+. The van der Waals surface area contributed by atoms with Crippen molar-refractivity contribution in [1.29, 1.82) is 0 Å². The van der Waals surface area contributed by atoms with Gasteiger partial charge >= 0.3 is 13.8 Å². The SMILES string of the molecule is CCOC(=O)/C(Cl)=C(/C)OP(=O)(OC)OC. The van der Waals surface area contributed by atoms with Gasteiger partial charge in [0.05, 0.1) is 6.61 Å². The second kappa shape index (κ2) is 6.91. The highest BCUT2D eigenvalue weighted by molar-refractivity contribution is 7.48. The Kier molecular flexibility index (Phi) is 6.67. The lowest BCUT2D eigenvalue weighted by Crippen LogP contribution is -2.06. The molecule has 0 aliphatic heterocycles. The third-order valence-corrected chi connectivity index (χ3v) is 3.27. The van der Waals surface area contributed by atoms with Gasteiger partial charge in [-0.3, -0.25) is 9.05 Å². The number of phosphoric ester groups is 1. The number of carbonyl (C=O) groups excluding carboxylic acids is 1. The molecule has 0 aliphatic carbocycles. The van der Waals surface area contributed by atoms with Crippen molar-refractivity contribution in [1.82, 2.24) is 0 Å². The second-order valence-electron chi connectivity index (χ2n) is 2.49. The maximum absolute atomic E-state index is 11.5. The van der Waals surface area contributed by atoms with Gasteiger partial charge in [0.25, 0.3) is 0 Å². The molecule has 0 fully saturated rings. The maximum atomic E-state index is 11.5. The van der Waals surface area contributed by atoms with Gasteiger partial charge in [0, 0.05) is 14.2 Å². The van der Waals surface area contributed by atoms with Crippen molar-refractivity contribution in [2.24, 2.45) is 0 Å². The van der Waals surface area contributed by atoms with Gasteiger partial charge in [-0.1, -0.05) is 11.6 Å². The number of carbonyl (C=O) groups is 1. The Hall–Kier alpha value is -0.550. The van der Waals surface area contributed by atoms with E-state index in [2.05, 4.69) is 13.8 Å². The Labute approximate surface area is 99.1 Å². The summed E-state index contributed by atoms with van der Waals surface area (Å²) in [4.78, 5) is 11.2. The zero-order valence-corrected chi connectivity index (χ0v) is 11.1. The summed E-state index contributed by atoms with van der Waals surface area (Å²) in [6.07, 6.45) is 0. The summed E-state index contributed by atoms with van der Waals surface area (Å²) in [6.45, 7) is 3.16. The third-order valence-electron chi connectivity index (χ3n) is 1.46. The van der Waals surface area contributed by atoms with Crippen LogP contribution in [0.5, 0.6) is 0 Å². The van der Waals surface area contributed by atoms with E-state index in [1.54, 1.807) is 6.92 Å². The number of esters is 1. The maximum Gasteiger partial charge on any atom is 0.529 e. The zero-order valence-electron chi connectivity index (χ0n) is 9.48. The van der Waals surface area contributed by atoms with E-state index in [4.69, 9.17) is 16.1 Å². The van der Waals surface area contributed by atoms with Crippen LogP contribution in [0.15, 0.2) is 10.8 Å². The summed E-state index contributed by atoms with van der Waals surface area (Å²) >= 11 is 5.63. The van der Waals surface area contributed by atoms with Crippen molar-refractivity contribution in [3.8, 4) is 0 Å². The number of halogens is 1. The Morgan fingerprint density at radius 2 is 1.81 bits per heavy atom. The summed E-state index contributed by atoms with van der Waals surface area (Å²) in [7, 11) is -1.40. The first-order valence-corrected chi connectivity index (χ1v) is 6.18. The highest BCUT2D eigenvalue weighted by atomic mass is 35.5. The summed E-state index contributed by atoms with van der Waals surface area (Å²) < 4.78 is 30.0. The average molecular weight is 273 g/mol. The molecule has 6 nitrogen and oxygen atoms in total. The quantitative estimate of drug-likeness (QED) is 0.320. The van der Waals surface area contributed by atoms with Crippen LogP contribution in [-0.4, -0.2) is 26.8 Å². The summed E-state index contributed by atoms with van der Waals surface area (Å²) in [5, 5.41) is -0.309. The normalized spacial score (nSPS) is 13.1. The van der Waals surface area contributed by atoms with E-state index in [0.29, 0.717) is 0 Å². The molecule has 0 unspecified atom stereocenters. The van der Waals surface area contributed by atoms with Crippen molar-refractivity contribution in [2.75, 3.05) is 20.8 Å². The Balaban J connectivity index is 4.77. The summed E-state index contributed by atoms with van der Waals surface area (Å²) in [5.74, 6) is -0.854. The van der Waals surface area contributed by atoms with Crippen LogP contribution < -0.4 is 0 Å². The van der Waals surface area contributed by atoms with Crippen LogP contribution in [-0.2, 0) is 27.7 Å². The number of hydrogen-bond acceptors (Lipinski definition) is 6. The minimum atomic E-state index is -3.70. The lowest BCUT2D eigenvalue weighted by molar-refractivity contribution is -0.137. The molecular formula is C8H14ClO6P. The molecule has 0 saturated heterocycles. The third kappa shape index (κ3) is 4.53. The number of phosphoric acid groups is 1. The van der Waals surface area contributed by atoms with Gasteiger partial charge in [0.2, 0.25) is 0 Å². The lowest BCUT2D eigenvalue weighted by Gasteiger charge is -2.15. The van der Waals surface area contributed by atoms with Crippen LogP contribution in [0.1, 0.15) is 13.8 Å². The topological polar surface area (TPSA) is 71.1 Å². The molecule has 0 aliphatic rings. The van der Waals surface area contributed by atoms with Crippen molar-refractivity contribution in [3.05, 3.63) is 10.8 Å². The number of rotatable bonds is 6. The smallest absolute Gasteiger partial charge is 0.462 e. The van der Waals surface area contributed by atoms with Gasteiger partial charge < -0.3 is 9.26 Å². The van der Waals surface area contributed by atoms with Crippen LogP contribution in [0.4, 0.5) is 0 Å². The van der Waals surface area contributed by atoms with Crippen LogP contribution in [0.25, 0.3) is 0 Å². The molecule has 0 aromatic carbocycles. The van der Waals surface area contributed by atoms with E-state index >= 15 is 0 Å². The molecule has 0 heterocycles. The first-order chi connectivity index (χ1) is 7.40. The van der Waals surface area contributed by atoms with E-state index in [1.165, 1.54) is 6.92 Å². The number of hydrogen-bond donors (Lipinski definition) is 0. The van der Waals surface area contributed by atoms with E-state index in [1.807, 2.05) is 0 Å². The van der Waals surface area contributed by atoms with Crippen LogP contribution >= 0.6 is 19.4 Å². The predicted molar refractivity (Wildman–Crippen MR) is 57.9 cm³/mol. The van der Waals surface area contributed by atoms with Crippen molar-refractivity contribution >= 4 is 25.4 Å². The molecule has 0 amide bonds. The summed E-state index contributed by atoms with van der Waals surface area (Å²) in [5.41, 5.74) is 0. The van der Waals surface area contributed by atoms with Crippen LogP contribution in [0.2, 0.25) is 0 Å². The van der Waals surface area contributed by atoms with Crippen LogP contribution in [0, 0.1) is 0 Å². The highest BCUT2D eigenvalue weighted by Gasteiger charge is 2.27. The molecule has 0 radical (unpaired) electrons. The molecular weight excluding hydrogens is 259 g/mol. The molecule has 0 bridgehead atoms. The fourth-order valence-electron chi connectivity index (χ4n) is 0.695. The predicted octanol–water partition coefficient (Wildman–Crippen LogP) is 2.44. The second-order valence-corrected chi connectivity index (χ2v) is 4.68. The molecule has 16 heavy (non-hydrogen) atoms. The van der Waals surface area contributed by atoms with Crippen molar-refractivity contribution < 1.29 is 27.7 Å². The zero-order chi connectivity index (χ0) is 12.8. The minimum Gasteiger partial charge on any atom is -0.462 e. The molecule has 94 valence electrons. The van der Waals surface area contributed by atoms with E-state index in [-0.39, 0.29) is 17.4 Å². The number of ether oxygens (including phenoxy) is 1. The fourth-order valence-corrected chi connectivity index (χ4v) is 1.57. The van der Waals surface area contributed by atoms with Crippen molar-refractivity contribution in [2.45, 2.75) is 13.8 Å². The van der Waals surface area contributed by atoms with Gasteiger partial charge in [-0.05, 0) is 13.8 Å². The molecule has 0 atom stereocenters. The minimum absolute atomic E-state index is 0.0906. The number of allylic oxidation sites excluding steroid dienone is 1. The molecule has 0 saturated carbocycles. The Morgan fingerprint density at radius 3 is 2.19 bits per heavy atom. The Bertz CT molecular complexity index is 318. The van der Waals surface area contributed by atoms with Gasteiger partial charge in [-0.15, -0.1) is 0 Å². The van der Waals surface area contributed by atoms with Crippen LogP contribution in [0.3, 0.4) is 0 Å². The molecule has 0 rings (SSSR count). The van der Waals surface area contributed by atoms with Gasteiger partial charge in [-0.25, -0.2) is 9.36 Å². The molecule has 0 aromatic heterocycles. The molecule has 0 spiro atoms. The first-order valence-electron chi connectivity index (χ1n) is 4.34. The Morgan fingerprint density at radius 1 is 1.31 bits per heavy atom. The van der Waals surface area contributed by atoms with Gasteiger partial charge in [0.1, 0.15) is 5.76 Å². The van der Waals surface area contributed by atoms with Crippen molar-refractivity contribution in [3.63, 3.8) is 0 Å². The largest absolute Gasteiger partial charge is 0.529 e. The molecule has 8 heteroatoms. The highest BCUT2D eigenvalue weighted by Crippen LogP contribution is 2.50. The van der Waals surface area contributed by atoms with E-state index in [0.717, 1.165) is 14.2 Å². The first kappa shape index (κ1) is 15.4. The molecule has 0 N–H and O–H groups in total. The lowest BCUT2D eigenvalue weighted by atomic mass is 10.5. The molecule has 0 aromatic rings. The van der Waals surface area contributed by atoms with Gasteiger partial charge in [-0.2, -0.15) is 0 Å². The van der Waals surface area contributed by atoms with E-state index in [9.17, 15) is 9.36 Å².